The molecule has 1 unspecified atom stereocenters. The van der Waals surface area contributed by atoms with Crippen LogP contribution in [0.1, 0.15) is 25.3 Å². The molecule has 0 radical (unpaired) electrons. The second kappa shape index (κ2) is 5.00. The second-order valence-electron chi connectivity index (χ2n) is 2.95. The first-order valence-electron chi connectivity index (χ1n) is 4.20. The van der Waals surface area contributed by atoms with Gasteiger partial charge >= 0.3 is 0 Å². The Labute approximate surface area is 86.1 Å². The van der Waals surface area contributed by atoms with E-state index >= 15 is 0 Å². The topological polar surface area (TPSA) is 26.0 Å². The Kier molecular flexibility index (Phi) is 4.26. The van der Waals surface area contributed by atoms with E-state index < -0.39 is 0 Å². The van der Waals surface area contributed by atoms with Crippen LogP contribution in [0.2, 0.25) is 0 Å². The van der Waals surface area contributed by atoms with Gasteiger partial charge in [0.15, 0.2) is 0 Å². The molecule has 1 rings (SSSR count). The summed E-state index contributed by atoms with van der Waals surface area (Å²) in [4.78, 5) is 0. The van der Waals surface area contributed by atoms with Gasteiger partial charge in [0.2, 0.25) is 0 Å². The van der Waals surface area contributed by atoms with Gasteiger partial charge in [-0.1, -0.05) is 6.92 Å². The molecule has 0 spiro atoms. The molecule has 3 heteroatoms. The first-order chi connectivity index (χ1) is 5.74. The summed E-state index contributed by atoms with van der Waals surface area (Å²) in [5.74, 6) is 0. The van der Waals surface area contributed by atoms with Gasteiger partial charge in [-0.25, -0.2) is 0 Å². The zero-order valence-corrected chi connectivity index (χ0v) is 9.62. The van der Waals surface area contributed by atoms with Crippen molar-refractivity contribution in [3.05, 3.63) is 20.8 Å². The Hall–Kier alpha value is 0.140. The van der Waals surface area contributed by atoms with Crippen LogP contribution in [0.25, 0.3) is 0 Å². The molecule has 0 aliphatic carbocycles. The van der Waals surface area contributed by atoms with E-state index in [1.807, 2.05) is 0 Å². The van der Waals surface area contributed by atoms with Crippen molar-refractivity contribution in [1.29, 1.82) is 0 Å². The highest BCUT2D eigenvalue weighted by atomic mass is 79.9. The molecule has 1 atom stereocenters. The molecule has 1 aromatic rings. The summed E-state index contributed by atoms with van der Waals surface area (Å²) in [5, 5.41) is 4.30. The Morgan fingerprint density at radius 1 is 1.58 bits per heavy atom. The van der Waals surface area contributed by atoms with Crippen LogP contribution in [0.4, 0.5) is 0 Å². The van der Waals surface area contributed by atoms with Crippen molar-refractivity contribution in [2.24, 2.45) is 5.73 Å². The second-order valence-corrected chi connectivity index (χ2v) is 4.55. The molecule has 1 nitrogen and oxygen atoms in total. The van der Waals surface area contributed by atoms with E-state index in [0.29, 0.717) is 6.04 Å². The molecule has 12 heavy (non-hydrogen) atoms. The third-order valence-electron chi connectivity index (χ3n) is 2.00. The van der Waals surface area contributed by atoms with Crippen molar-refractivity contribution in [2.45, 2.75) is 32.2 Å². The summed E-state index contributed by atoms with van der Waals surface area (Å²) < 4.78 is 1.23. The van der Waals surface area contributed by atoms with Gasteiger partial charge in [0, 0.05) is 15.9 Å². The highest BCUT2D eigenvalue weighted by Crippen LogP contribution is 2.22. The van der Waals surface area contributed by atoms with Crippen LogP contribution in [-0.4, -0.2) is 6.04 Å². The number of halogens is 1. The van der Waals surface area contributed by atoms with Crippen molar-refractivity contribution in [2.75, 3.05) is 0 Å². The van der Waals surface area contributed by atoms with Crippen molar-refractivity contribution in [3.8, 4) is 0 Å². The van der Waals surface area contributed by atoms with Gasteiger partial charge in [-0.15, -0.1) is 0 Å². The first-order valence-corrected chi connectivity index (χ1v) is 5.93. The van der Waals surface area contributed by atoms with E-state index in [0.717, 1.165) is 19.3 Å². The van der Waals surface area contributed by atoms with Gasteiger partial charge in [-0.2, -0.15) is 11.3 Å². The lowest BCUT2D eigenvalue weighted by molar-refractivity contribution is 0.596. The monoisotopic (exact) mass is 247 g/mol. The van der Waals surface area contributed by atoms with Crippen LogP contribution in [0.3, 0.4) is 0 Å². The number of thiophene rings is 1. The molecule has 0 amide bonds. The Balaban J connectivity index is 2.38. The zero-order valence-electron chi connectivity index (χ0n) is 7.22. The summed E-state index contributed by atoms with van der Waals surface area (Å²) >= 11 is 5.25. The minimum Gasteiger partial charge on any atom is -0.328 e. The van der Waals surface area contributed by atoms with Crippen molar-refractivity contribution >= 4 is 27.3 Å². The fourth-order valence-corrected chi connectivity index (χ4v) is 2.57. The molecule has 0 aliphatic rings. The minimum atomic E-state index is 0.358. The van der Waals surface area contributed by atoms with E-state index in [1.54, 1.807) is 11.3 Å². The lowest BCUT2D eigenvalue weighted by Crippen LogP contribution is -2.18. The van der Waals surface area contributed by atoms with Gasteiger partial charge in [-0.3, -0.25) is 0 Å². The van der Waals surface area contributed by atoms with Crippen LogP contribution < -0.4 is 5.73 Å². The molecule has 0 saturated heterocycles. The fourth-order valence-electron chi connectivity index (χ4n) is 1.03. The molecule has 0 saturated carbocycles. The maximum atomic E-state index is 5.83. The summed E-state index contributed by atoms with van der Waals surface area (Å²) in [6.07, 6.45) is 3.26. The SMILES string of the molecule is CCC(N)CCc1cscc1Br. The predicted molar refractivity (Wildman–Crippen MR) is 58.6 cm³/mol. The van der Waals surface area contributed by atoms with Crippen molar-refractivity contribution < 1.29 is 0 Å². The average Bonchev–Trinajstić information content (AvgIpc) is 2.47. The Morgan fingerprint density at radius 2 is 2.33 bits per heavy atom. The molecule has 0 fully saturated rings. The molecular weight excluding hydrogens is 234 g/mol. The van der Waals surface area contributed by atoms with Gasteiger partial charge in [0.25, 0.3) is 0 Å². The van der Waals surface area contributed by atoms with Crippen molar-refractivity contribution in [1.82, 2.24) is 0 Å². The van der Waals surface area contributed by atoms with Crippen molar-refractivity contribution in [3.63, 3.8) is 0 Å². The number of aryl methyl sites for hydroxylation is 1. The van der Waals surface area contributed by atoms with E-state index in [1.165, 1.54) is 10.0 Å². The molecule has 1 heterocycles. The van der Waals surface area contributed by atoms with Crippen LogP contribution in [-0.2, 0) is 6.42 Å². The van der Waals surface area contributed by atoms with Crippen LogP contribution >= 0.6 is 27.3 Å². The summed E-state index contributed by atoms with van der Waals surface area (Å²) in [6, 6.07) is 0.358. The average molecular weight is 248 g/mol. The van der Waals surface area contributed by atoms with E-state index in [4.69, 9.17) is 5.73 Å². The van der Waals surface area contributed by atoms with Gasteiger partial charge in [0.05, 0.1) is 0 Å². The molecule has 1 aromatic heterocycles. The Bertz CT molecular complexity index is 234. The maximum absolute atomic E-state index is 5.83. The molecule has 0 bridgehead atoms. The molecule has 2 N–H and O–H groups in total. The Morgan fingerprint density at radius 3 is 2.83 bits per heavy atom. The minimum absolute atomic E-state index is 0.358. The van der Waals surface area contributed by atoms with E-state index in [9.17, 15) is 0 Å². The van der Waals surface area contributed by atoms with Crippen LogP contribution in [0, 0.1) is 0 Å². The molecular formula is C9H14BrNS. The quantitative estimate of drug-likeness (QED) is 0.870. The lowest BCUT2D eigenvalue weighted by atomic mass is 10.1. The normalized spacial score (nSPS) is 13.2. The van der Waals surface area contributed by atoms with Crippen LogP contribution in [0.15, 0.2) is 15.2 Å². The molecule has 0 aromatic carbocycles. The molecule has 68 valence electrons. The third-order valence-corrected chi connectivity index (χ3v) is 3.83. The fraction of sp³-hybridized carbons (Fsp3) is 0.556. The summed E-state index contributed by atoms with van der Waals surface area (Å²) in [5.41, 5.74) is 7.22. The third kappa shape index (κ3) is 2.88. The largest absolute Gasteiger partial charge is 0.328 e. The standard InChI is InChI=1S/C9H14BrNS/c1-2-8(11)4-3-7-5-12-6-9(7)10/h5-6,8H,2-4,11H2,1H3. The molecule has 0 aliphatic heterocycles. The summed E-state index contributed by atoms with van der Waals surface area (Å²) in [6.45, 7) is 2.13. The number of hydrogen-bond acceptors (Lipinski definition) is 2. The smallest absolute Gasteiger partial charge is 0.0314 e. The zero-order chi connectivity index (χ0) is 8.97. The van der Waals surface area contributed by atoms with Gasteiger partial charge < -0.3 is 5.73 Å². The highest BCUT2D eigenvalue weighted by Gasteiger charge is 2.03. The number of rotatable bonds is 4. The maximum Gasteiger partial charge on any atom is 0.0314 e. The van der Waals surface area contributed by atoms with E-state index in [2.05, 4.69) is 33.6 Å². The first kappa shape index (κ1) is 10.2. The number of nitrogens with two attached hydrogens (primary N) is 1. The van der Waals surface area contributed by atoms with Gasteiger partial charge in [0.1, 0.15) is 0 Å². The van der Waals surface area contributed by atoms with E-state index in [-0.39, 0.29) is 0 Å². The number of hydrogen-bond donors (Lipinski definition) is 1. The van der Waals surface area contributed by atoms with Crippen LogP contribution in [0.5, 0.6) is 0 Å². The lowest BCUT2D eigenvalue weighted by Gasteiger charge is -2.06. The predicted octanol–water partition coefficient (Wildman–Crippen LogP) is 3.18. The highest BCUT2D eigenvalue weighted by molar-refractivity contribution is 9.10. The summed E-state index contributed by atoms with van der Waals surface area (Å²) in [7, 11) is 0. The van der Waals surface area contributed by atoms with Gasteiger partial charge in [-0.05, 0) is 46.1 Å².